The second kappa shape index (κ2) is 8.14. The molecular weight excluding hydrogens is 278 g/mol. The molecule has 1 aromatic rings. The van der Waals surface area contributed by atoms with Gasteiger partial charge in [0, 0.05) is 30.1 Å². The highest BCUT2D eigenvalue weighted by Crippen LogP contribution is 2.29. The molecule has 21 heavy (non-hydrogen) atoms. The highest BCUT2D eigenvalue weighted by molar-refractivity contribution is 7.15. The first-order valence-electron chi connectivity index (χ1n) is 8.64. The minimum atomic E-state index is 0.530. The number of aromatic nitrogens is 1. The molecular formula is C17H31N3S. The second-order valence-corrected chi connectivity index (χ2v) is 7.43. The van der Waals surface area contributed by atoms with E-state index in [1.807, 2.05) is 11.3 Å². The summed E-state index contributed by atoms with van der Waals surface area (Å²) in [7, 11) is 0. The molecule has 2 rings (SSSR count). The lowest BCUT2D eigenvalue weighted by atomic mass is 10.2. The Kier molecular flexibility index (Phi) is 6.49. The SMILES string of the molecule is CCCCCN(c1nc(CC)c(CNC2CC2)s1)C(C)C. The zero-order chi connectivity index (χ0) is 15.2. The van der Waals surface area contributed by atoms with Crippen LogP contribution in [0.5, 0.6) is 0 Å². The summed E-state index contributed by atoms with van der Waals surface area (Å²) < 4.78 is 0. The minimum absolute atomic E-state index is 0.530. The van der Waals surface area contributed by atoms with Crippen molar-refractivity contribution in [3.8, 4) is 0 Å². The molecule has 0 aromatic carbocycles. The fraction of sp³-hybridized carbons (Fsp3) is 0.824. The number of unbranched alkanes of at least 4 members (excludes halogenated alkanes) is 2. The zero-order valence-electron chi connectivity index (χ0n) is 14.1. The van der Waals surface area contributed by atoms with Crippen molar-refractivity contribution >= 4 is 16.5 Å². The first-order chi connectivity index (χ1) is 10.2. The number of nitrogens with one attached hydrogen (secondary N) is 1. The van der Waals surface area contributed by atoms with Crippen molar-refractivity contribution in [3.05, 3.63) is 10.6 Å². The molecule has 1 fully saturated rings. The number of thiazole rings is 1. The van der Waals surface area contributed by atoms with E-state index in [2.05, 4.69) is 37.9 Å². The number of rotatable bonds is 10. The van der Waals surface area contributed by atoms with Crippen LogP contribution >= 0.6 is 11.3 Å². The average Bonchev–Trinajstić information content (AvgIpc) is 3.20. The Hall–Kier alpha value is -0.610. The van der Waals surface area contributed by atoms with Crippen LogP contribution in [0.4, 0.5) is 5.13 Å². The molecule has 1 aliphatic rings. The summed E-state index contributed by atoms with van der Waals surface area (Å²) in [6.45, 7) is 11.2. The van der Waals surface area contributed by atoms with E-state index < -0.39 is 0 Å². The Morgan fingerprint density at radius 3 is 2.62 bits per heavy atom. The Labute approximate surface area is 134 Å². The van der Waals surface area contributed by atoms with Gasteiger partial charge in [-0.25, -0.2) is 4.98 Å². The summed E-state index contributed by atoms with van der Waals surface area (Å²) in [5.41, 5.74) is 1.30. The summed E-state index contributed by atoms with van der Waals surface area (Å²) in [5, 5.41) is 4.86. The van der Waals surface area contributed by atoms with Crippen LogP contribution in [0.25, 0.3) is 0 Å². The van der Waals surface area contributed by atoms with Gasteiger partial charge in [0.1, 0.15) is 0 Å². The summed E-state index contributed by atoms with van der Waals surface area (Å²) in [6, 6.07) is 1.30. The van der Waals surface area contributed by atoms with Gasteiger partial charge in [0.05, 0.1) is 5.69 Å². The Morgan fingerprint density at radius 1 is 1.29 bits per heavy atom. The van der Waals surface area contributed by atoms with Crippen LogP contribution in [0, 0.1) is 0 Å². The third-order valence-electron chi connectivity index (χ3n) is 4.10. The van der Waals surface area contributed by atoms with E-state index in [4.69, 9.17) is 4.98 Å². The van der Waals surface area contributed by atoms with Gasteiger partial charge < -0.3 is 10.2 Å². The van der Waals surface area contributed by atoms with E-state index >= 15 is 0 Å². The van der Waals surface area contributed by atoms with E-state index in [0.717, 1.165) is 25.6 Å². The number of aryl methyl sites for hydroxylation is 1. The van der Waals surface area contributed by atoms with Crippen molar-refractivity contribution in [2.45, 2.75) is 84.8 Å². The maximum Gasteiger partial charge on any atom is 0.186 e. The molecule has 4 heteroatoms. The fourth-order valence-corrected chi connectivity index (χ4v) is 3.80. The summed E-state index contributed by atoms with van der Waals surface area (Å²) in [6.07, 6.45) is 7.60. The third kappa shape index (κ3) is 4.96. The number of hydrogen-bond donors (Lipinski definition) is 1. The molecule has 1 N–H and O–H groups in total. The van der Waals surface area contributed by atoms with Crippen molar-refractivity contribution in [1.82, 2.24) is 10.3 Å². The van der Waals surface area contributed by atoms with Crippen LogP contribution in [-0.4, -0.2) is 23.6 Å². The second-order valence-electron chi connectivity index (χ2n) is 6.37. The number of anilines is 1. The molecule has 3 nitrogen and oxygen atoms in total. The molecule has 1 saturated carbocycles. The van der Waals surface area contributed by atoms with Gasteiger partial charge >= 0.3 is 0 Å². The monoisotopic (exact) mass is 309 g/mol. The molecule has 1 heterocycles. The predicted octanol–water partition coefficient (Wildman–Crippen LogP) is 4.36. The molecule has 120 valence electrons. The van der Waals surface area contributed by atoms with E-state index in [1.165, 1.54) is 47.8 Å². The van der Waals surface area contributed by atoms with E-state index in [-0.39, 0.29) is 0 Å². The molecule has 0 radical (unpaired) electrons. The topological polar surface area (TPSA) is 28.2 Å². The van der Waals surface area contributed by atoms with Crippen LogP contribution in [0.3, 0.4) is 0 Å². The predicted molar refractivity (Wildman–Crippen MR) is 93.4 cm³/mol. The number of hydrogen-bond acceptors (Lipinski definition) is 4. The van der Waals surface area contributed by atoms with Crippen molar-refractivity contribution in [2.75, 3.05) is 11.4 Å². The first-order valence-corrected chi connectivity index (χ1v) is 9.45. The smallest absolute Gasteiger partial charge is 0.186 e. The Balaban J connectivity index is 2.03. The van der Waals surface area contributed by atoms with Gasteiger partial charge in [-0.2, -0.15) is 0 Å². The molecule has 1 aromatic heterocycles. The van der Waals surface area contributed by atoms with Gasteiger partial charge in [-0.05, 0) is 39.5 Å². The summed E-state index contributed by atoms with van der Waals surface area (Å²) in [5.74, 6) is 0. The lowest BCUT2D eigenvalue weighted by molar-refractivity contribution is 0.624. The van der Waals surface area contributed by atoms with Gasteiger partial charge in [0.2, 0.25) is 0 Å². The van der Waals surface area contributed by atoms with Crippen molar-refractivity contribution in [1.29, 1.82) is 0 Å². The highest BCUT2D eigenvalue weighted by atomic mass is 32.1. The van der Waals surface area contributed by atoms with Crippen LogP contribution in [-0.2, 0) is 13.0 Å². The number of nitrogens with zero attached hydrogens (tertiary/aromatic N) is 2. The maximum absolute atomic E-state index is 4.93. The van der Waals surface area contributed by atoms with Gasteiger partial charge in [0.15, 0.2) is 5.13 Å². The van der Waals surface area contributed by atoms with Crippen molar-refractivity contribution in [3.63, 3.8) is 0 Å². The van der Waals surface area contributed by atoms with Crippen molar-refractivity contribution in [2.24, 2.45) is 0 Å². The lowest BCUT2D eigenvalue weighted by Gasteiger charge is -2.26. The Bertz CT molecular complexity index is 424. The molecule has 0 amide bonds. The summed E-state index contributed by atoms with van der Waals surface area (Å²) >= 11 is 1.90. The molecule has 1 aliphatic carbocycles. The average molecular weight is 310 g/mol. The van der Waals surface area contributed by atoms with Crippen LogP contribution in [0.15, 0.2) is 0 Å². The van der Waals surface area contributed by atoms with Crippen LogP contribution in [0.2, 0.25) is 0 Å². The molecule has 0 saturated heterocycles. The summed E-state index contributed by atoms with van der Waals surface area (Å²) in [4.78, 5) is 8.86. The van der Waals surface area contributed by atoms with Crippen LogP contribution in [0.1, 0.15) is 70.4 Å². The van der Waals surface area contributed by atoms with Gasteiger partial charge in [-0.15, -0.1) is 11.3 Å². The van der Waals surface area contributed by atoms with E-state index in [9.17, 15) is 0 Å². The zero-order valence-corrected chi connectivity index (χ0v) is 14.9. The van der Waals surface area contributed by atoms with E-state index in [0.29, 0.717) is 6.04 Å². The normalized spacial score (nSPS) is 14.9. The van der Waals surface area contributed by atoms with Crippen LogP contribution < -0.4 is 10.2 Å². The quantitative estimate of drug-likeness (QED) is 0.651. The Morgan fingerprint density at radius 2 is 2.05 bits per heavy atom. The molecule has 0 unspecified atom stereocenters. The van der Waals surface area contributed by atoms with Gasteiger partial charge in [-0.3, -0.25) is 0 Å². The lowest BCUT2D eigenvalue weighted by Crippen LogP contribution is -2.31. The third-order valence-corrected chi connectivity index (χ3v) is 5.24. The minimum Gasteiger partial charge on any atom is -0.346 e. The maximum atomic E-state index is 4.93. The fourth-order valence-electron chi connectivity index (χ4n) is 2.54. The molecule has 0 aliphatic heterocycles. The largest absolute Gasteiger partial charge is 0.346 e. The molecule has 0 spiro atoms. The standard InChI is InChI=1S/C17H31N3S/c1-5-7-8-11-20(13(3)4)17-19-15(6-2)16(21-17)12-18-14-9-10-14/h13-14,18H,5-12H2,1-4H3. The van der Waals surface area contributed by atoms with E-state index in [1.54, 1.807) is 0 Å². The van der Waals surface area contributed by atoms with Gasteiger partial charge in [-0.1, -0.05) is 26.7 Å². The molecule has 0 bridgehead atoms. The van der Waals surface area contributed by atoms with Crippen molar-refractivity contribution < 1.29 is 0 Å². The molecule has 0 atom stereocenters. The van der Waals surface area contributed by atoms with Gasteiger partial charge in [0.25, 0.3) is 0 Å². The first kappa shape index (κ1) is 16.8. The highest BCUT2D eigenvalue weighted by Gasteiger charge is 2.22.